The van der Waals surface area contributed by atoms with Crippen LogP contribution in [0.25, 0.3) is 0 Å². The van der Waals surface area contributed by atoms with Crippen LogP contribution >= 0.6 is 23.2 Å². The number of nitrogens with one attached hydrogen (secondary N) is 1. The van der Waals surface area contributed by atoms with Crippen molar-refractivity contribution in [3.8, 4) is 0 Å². The first kappa shape index (κ1) is 28.0. The molecule has 2 amide bonds. The van der Waals surface area contributed by atoms with Gasteiger partial charge < -0.3 is 10.2 Å². The molecule has 2 rings (SSSR count). The van der Waals surface area contributed by atoms with Gasteiger partial charge in [-0.05, 0) is 44.0 Å². The van der Waals surface area contributed by atoms with E-state index in [9.17, 15) is 18.0 Å². The second-order valence-corrected chi connectivity index (χ2v) is 10.9. The van der Waals surface area contributed by atoms with Gasteiger partial charge in [-0.3, -0.25) is 13.9 Å². The van der Waals surface area contributed by atoms with E-state index in [1.807, 2.05) is 38.1 Å². The molecule has 0 heterocycles. The highest BCUT2D eigenvalue weighted by Crippen LogP contribution is 2.31. The van der Waals surface area contributed by atoms with Crippen LogP contribution in [0, 0.1) is 6.92 Å². The summed E-state index contributed by atoms with van der Waals surface area (Å²) in [6.45, 7) is 5.69. The Morgan fingerprint density at radius 3 is 2.44 bits per heavy atom. The van der Waals surface area contributed by atoms with Gasteiger partial charge in [0.25, 0.3) is 0 Å². The molecule has 2 aromatic rings. The summed E-state index contributed by atoms with van der Waals surface area (Å²) in [5, 5.41) is 3.26. The Morgan fingerprint density at radius 2 is 1.82 bits per heavy atom. The summed E-state index contributed by atoms with van der Waals surface area (Å²) >= 11 is 12.3. The molecule has 0 saturated heterocycles. The Bertz CT molecular complexity index is 1120. The van der Waals surface area contributed by atoms with Crippen LogP contribution in [0.3, 0.4) is 0 Å². The highest BCUT2D eigenvalue weighted by Gasteiger charge is 2.30. The molecule has 0 radical (unpaired) electrons. The quantitative estimate of drug-likeness (QED) is 0.438. The second kappa shape index (κ2) is 12.4. The van der Waals surface area contributed by atoms with E-state index in [4.69, 9.17) is 23.2 Å². The summed E-state index contributed by atoms with van der Waals surface area (Å²) in [5.41, 5.74) is 1.93. The molecule has 0 aromatic heterocycles. The Labute approximate surface area is 212 Å². The minimum Gasteiger partial charge on any atom is -0.354 e. The maximum atomic E-state index is 13.5. The highest BCUT2D eigenvalue weighted by atomic mass is 35.5. The van der Waals surface area contributed by atoms with Crippen molar-refractivity contribution in [2.24, 2.45) is 0 Å². The van der Waals surface area contributed by atoms with Crippen LogP contribution in [-0.4, -0.2) is 50.5 Å². The lowest BCUT2D eigenvalue weighted by Gasteiger charge is -2.31. The van der Waals surface area contributed by atoms with Crippen LogP contribution in [0.1, 0.15) is 37.8 Å². The monoisotopic (exact) mass is 527 g/mol. The topological polar surface area (TPSA) is 86.8 Å². The number of carbonyl (C=O) groups excluding carboxylic acids is 2. The molecule has 34 heavy (non-hydrogen) atoms. The van der Waals surface area contributed by atoms with Crippen LogP contribution < -0.4 is 9.62 Å². The number of hydrogen-bond acceptors (Lipinski definition) is 4. The van der Waals surface area contributed by atoms with Gasteiger partial charge in [0.15, 0.2) is 0 Å². The first-order chi connectivity index (χ1) is 15.9. The van der Waals surface area contributed by atoms with Crippen LogP contribution in [-0.2, 0) is 26.2 Å². The molecule has 10 heteroatoms. The van der Waals surface area contributed by atoms with Crippen molar-refractivity contribution in [2.45, 2.75) is 46.2 Å². The van der Waals surface area contributed by atoms with Gasteiger partial charge in [0.05, 0.1) is 17.0 Å². The molecule has 186 valence electrons. The van der Waals surface area contributed by atoms with Gasteiger partial charge in [-0.2, -0.15) is 0 Å². The minimum absolute atomic E-state index is 0.0978. The second-order valence-electron chi connectivity index (χ2n) is 8.20. The van der Waals surface area contributed by atoms with E-state index >= 15 is 0 Å². The number of unbranched alkanes of at least 4 members (excludes halogenated alkanes) is 1. The number of nitrogens with zero attached hydrogens (tertiary/aromatic N) is 2. The van der Waals surface area contributed by atoms with E-state index in [1.165, 1.54) is 23.1 Å². The number of amides is 2. The van der Waals surface area contributed by atoms with Gasteiger partial charge in [0.2, 0.25) is 21.8 Å². The van der Waals surface area contributed by atoms with Crippen LogP contribution in [0.15, 0.2) is 42.5 Å². The molecule has 1 atom stereocenters. The lowest BCUT2D eigenvalue weighted by Crippen LogP contribution is -2.51. The van der Waals surface area contributed by atoms with Gasteiger partial charge in [-0.1, -0.05) is 66.4 Å². The number of benzene rings is 2. The van der Waals surface area contributed by atoms with Gasteiger partial charge in [0.1, 0.15) is 12.6 Å². The summed E-state index contributed by atoms with van der Waals surface area (Å²) in [4.78, 5) is 27.7. The van der Waals surface area contributed by atoms with E-state index in [0.717, 1.165) is 34.5 Å². The molecule has 0 bridgehead atoms. The number of aryl methyl sites for hydroxylation is 1. The average molecular weight is 529 g/mol. The fourth-order valence-corrected chi connectivity index (χ4v) is 4.69. The van der Waals surface area contributed by atoms with E-state index in [1.54, 1.807) is 6.92 Å². The van der Waals surface area contributed by atoms with Crippen molar-refractivity contribution in [3.63, 3.8) is 0 Å². The van der Waals surface area contributed by atoms with Crippen molar-refractivity contribution in [1.82, 2.24) is 10.2 Å². The fraction of sp³-hybridized carbons (Fsp3) is 0.417. The zero-order valence-electron chi connectivity index (χ0n) is 19.8. The first-order valence-corrected chi connectivity index (χ1v) is 13.6. The zero-order chi connectivity index (χ0) is 25.5. The Hall–Kier alpha value is -2.29. The van der Waals surface area contributed by atoms with Gasteiger partial charge >= 0.3 is 0 Å². The number of sulfonamides is 1. The predicted octanol–water partition coefficient (Wildman–Crippen LogP) is 4.40. The molecule has 0 unspecified atom stereocenters. The highest BCUT2D eigenvalue weighted by molar-refractivity contribution is 7.92. The van der Waals surface area contributed by atoms with Crippen LogP contribution in [0.5, 0.6) is 0 Å². The summed E-state index contributed by atoms with van der Waals surface area (Å²) in [6, 6.07) is 11.2. The Morgan fingerprint density at radius 1 is 1.12 bits per heavy atom. The fourth-order valence-electron chi connectivity index (χ4n) is 3.40. The first-order valence-electron chi connectivity index (χ1n) is 11.0. The summed E-state index contributed by atoms with van der Waals surface area (Å²) in [7, 11) is -3.89. The van der Waals surface area contributed by atoms with E-state index in [2.05, 4.69) is 5.32 Å². The molecule has 7 nitrogen and oxygen atoms in total. The van der Waals surface area contributed by atoms with Crippen molar-refractivity contribution in [2.75, 3.05) is 23.7 Å². The summed E-state index contributed by atoms with van der Waals surface area (Å²) in [6.07, 6.45) is 2.73. The van der Waals surface area contributed by atoms with Crippen molar-refractivity contribution in [3.05, 3.63) is 63.6 Å². The largest absolute Gasteiger partial charge is 0.354 e. The normalized spacial score (nSPS) is 12.2. The Balaban J connectivity index is 2.39. The van der Waals surface area contributed by atoms with Crippen molar-refractivity contribution < 1.29 is 18.0 Å². The van der Waals surface area contributed by atoms with E-state index in [-0.39, 0.29) is 28.2 Å². The lowest BCUT2D eigenvalue weighted by atomic mass is 10.1. The average Bonchev–Trinajstić information content (AvgIpc) is 2.76. The molecule has 1 N–H and O–H groups in total. The third-order valence-electron chi connectivity index (χ3n) is 5.29. The molecular weight excluding hydrogens is 497 g/mol. The van der Waals surface area contributed by atoms with Gasteiger partial charge in [-0.15, -0.1) is 0 Å². The third-order valence-corrected chi connectivity index (χ3v) is 6.97. The number of hydrogen-bond donors (Lipinski definition) is 1. The number of rotatable bonds is 11. The number of anilines is 1. The number of carbonyl (C=O) groups is 2. The molecule has 0 fully saturated rings. The number of halogens is 2. The molecule has 2 aromatic carbocycles. The molecule has 0 aliphatic heterocycles. The molecule has 0 aliphatic carbocycles. The smallest absolute Gasteiger partial charge is 0.244 e. The van der Waals surface area contributed by atoms with E-state index in [0.29, 0.717) is 6.54 Å². The third kappa shape index (κ3) is 7.89. The summed E-state index contributed by atoms with van der Waals surface area (Å²) in [5.74, 6) is -0.845. The SMILES string of the molecule is CCCCNC(=O)[C@@H](C)N(Cc1cccc(C)c1)C(=O)CN(c1cc(Cl)ccc1Cl)S(C)(=O)=O. The van der Waals surface area contributed by atoms with Crippen LogP contribution in [0.4, 0.5) is 5.69 Å². The van der Waals surface area contributed by atoms with Gasteiger partial charge in [0, 0.05) is 18.1 Å². The Kier molecular flexibility index (Phi) is 10.2. The summed E-state index contributed by atoms with van der Waals surface area (Å²) < 4.78 is 26.1. The standard InChI is InChI=1S/C24H31Cl2N3O4S/c1-5-6-12-27-24(31)18(3)28(15-19-9-7-8-17(2)13-19)23(30)16-29(34(4,32)33)22-14-20(25)10-11-21(22)26/h7-11,13-14,18H,5-6,12,15-16H2,1-4H3,(H,27,31)/t18-/m1/s1. The van der Waals surface area contributed by atoms with Crippen molar-refractivity contribution >= 4 is 50.7 Å². The molecule has 0 aliphatic rings. The van der Waals surface area contributed by atoms with Crippen molar-refractivity contribution in [1.29, 1.82) is 0 Å². The van der Waals surface area contributed by atoms with E-state index < -0.39 is 28.5 Å². The zero-order valence-corrected chi connectivity index (χ0v) is 22.2. The molecule has 0 saturated carbocycles. The molecular formula is C24H31Cl2N3O4S. The molecule has 0 spiro atoms. The maximum Gasteiger partial charge on any atom is 0.244 e. The van der Waals surface area contributed by atoms with Gasteiger partial charge in [-0.25, -0.2) is 8.42 Å². The lowest BCUT2D eigenvalue weighted by molar-refractivity contribution is -0.139. The van der Waals surface area contributed by atoms with Crippen LogP contribution in [0.2, 0.25) is 10.0 Å². The predicted molar refractivity (Wildman–Crippen MR) is 138 cm³/mol. The minimum atomic E-state index is -3.89. The maximum absolute atomic E-state index is 13.5.